The second kappa shape index (κ2) is 8.03. The second-order valence-electron chi connectivity index (χ2n) is 7.46. The first-order valence-corrected chi connectivity index (χ1v) is 9.56. The molecule has 0 aromatic carbocycles. The van der Waals surface area contributed by atoms with Crippen molar-refractivity contribution in [2.24, 2.45) is 0 Å². The van der Waals surface area contributed by atoms with E-state index < -0.39 is 5.97 Å². The number of carbonyl (C=O) groups is 2. The maximum absolute atomic E-state index is 12.6. The highest BCUT2D eigenvalue weighted by Crippen LogP contribution is 2.23. The standard InChI is InChI=1S/C21H28N2O4/c1-14-7-5-8-15(2)23(14)20(24)13-27-21(25)19-11-16(3)22(17(19)4)12-18-9-6-10-26-18/h6,9-11,14-15H,5,7-8,12-13H2,1-4H3/t14-,15-/m0/s1. The van der Waals surface area contributed by atoms with Crippen LogP contribution in [0.25, 0.3) is 0 Å². The molecule has 0 radical (unpaired) electrons. The molecule has 146 valence electrons. The van der Waals surface area contributed by atoms with Gasteiger partial charge in [-0.3, -0.25) is 4.79 Å². The van der Waals surface area contributed by atoms with Crippen LogP contribution < -0.4 is 0 Å². The molecular formula is C21H28N2O4. The Kier molecular flexibility index (Phi) is 5.73. The number of nitrogens with zero attached hydrogens (tertiary/aromatic N) is 2. The molecule has 0 N–H and O–H groups in total. The average molecular weight is 372 g/mol. The van der Waals surface area contributed by atoms with E-state index in [4.69, 9.17) is 9.15 Å². The van der Waals surface area contributed by atoms with Crippen LogP contribution in [0.3, 0.4) is 0 Å². The summed E-state index contributed by atoms with van der Waals surface area (Å²) in [4.78, 5) is 27.0. The zero-order valence-corrected chi connectivity index (χ0v) is 16.5. The van der Waals surface area contributed by atoms with Crippen molar-refractivity contribution in [2.45, 2.75) is 65.6 Å². The Morgan fingerprint density at radius 1 is 1.22 bits per heavy atom. The molecular weight excluding hydrogens is 344 g/mol. The zero-order valence-electron chi connectivity index (χ0n) is 16.5. The van der Waals surface area contributed by atoms with Gasteiger partial charge in [0.05, 0.1) is 18.4 Å². The highest BCUT2D eigenvalue weighted by atomic mass is 16.5. The van der Waals surface area contributed by atoms with Crippen LogP contribution in [-0.2, 0) is 16.1 Å². The van der Waals surface area contributed by atoms with E-state index in [0.29, 0.717) is 12.1 Å². The van der Waals surface area contributed by atoms with Gasteiger partial charge in [0.15, 0.2) is 6.61 Å². The number of likely N-dealkylation sites (tertiary alicyclic amines) is 1. The highest BCUT2D eigenvalue weighted by Gasteiger charge is 2.29. The lowest BCUT2D eigenvalue weighted by molar-refractivity contribution is -0.140. The van der Waals surface area contributed by atoms with E-state index in [2.05, 4.69) is 13.8 Å². The number of hydrogen-bond donors (Lipinski definition) is 0. The van der Waals surface area contributed by atoms with E-state index in [1.165, 1.54) is 0 Å². The van der Waals surface area contributed by atoms with Gasteiger partial charge in [0, 0.05) is 23.5 Å². The molecule has 2 atom stereocenters. The largest absolute Gasteiger partial charge is 0.467 e. The van der Waals surface area contributed by atoms with E-state index >= 15 is 0 Å². The topological polar surface area (TPSA) is 64.7 Å². The molecule has 1 amide bonds. The molecule has 6 heteroatoms. The van der Waals surface area contributed by atoms with Gasteiger partial charge in [-0.2, -0.15) is 0 Å². The van der Waals surface area contributed by atoms with E-state index in [1.54, 1.807) is 12.3 Å². The van der Waals surface area contributed by atoms with Crippen molar-refractivity contribution >= 4 is 11.9 Å². The summed E-state index contributed by atoms with van der Waals surface area (Å²) >= 11 is 0. The first kappa shape index (κ1) is 19.3. The predicted molar refractivity (Wildman–Crippen MR) is 102 cm³/mol. The van der Waals surface area contributed by atoms with Crippen molar-refractivity contribution in [2.75, 3.05) is 6.61 Å². The number of carbonyl (C=O) groups excluding carboxylic acids is 2. The number of esters is 1. The van der Waals surface area contributed by atoms with Gasteiger partial charge in [0.1, 0.15) is 5.76 Å². The van der Waals surface area contributed by atoms with Gasteiger partial charge in [0.2, 0.25) is 0 Å². The minimum absolute atomic E-state index is 0.118. The monoisotopic (exact) mass is 372 g/mol. The maximum atomic E-state index is 12.6. The molecule has 27 heavy (non-hydrogen) atoms. The lowest BCUT2D eigenvalue weighted by Crippen LogP contribution is -2.49. The Morgan fingerprint density at radius 3 is 2.56 bits per heavy atom. The van der Waals surface area contributed by atoms with Gasteiger partial charge >= 0.3 is 5.97 Å². The molecule has 0 aliphatic carbocycles. The van der Waals surface area contributed by atoms with Crippen LogP contribution in [0.1, 0.15) is 60.6 Å². The molecule has 6 nitrogen and oxygen atoms in total. The number of hydrogen-bond acceptors (Lipinski definition) is 4. The lowest BCUT2D eigenvalue weighted by Gasteiger charge is -2.38. The van der Waals surface area contributed by atoms with Crippen molar-refractivity contribution < 1.29 is 18.7 Å². The average Bonchev–Trinajstić information content (AvgIpc) is 3.23. The summed E-state index contributed by atoms with van der Waals surface area (Å²) in [5.74, 6) is 0.242. The van der Waals surface area contributed by atoms with Crippen LogP contribution in [0.15, 0.2) is 28.9 Å². The third-order valence-corrected chi connectivity index (χ3v) is 5.50. The van der Waals surface area contributed by atoms with Crippen LogP contribution in [-0.4, -0.2) is 40.0 Å². The van der Waals surface area contributed by atoms with Gasteiger partial charge in [-0.05, 0) is 65.2 Å². The zero-order chi connectivity index (χ0) is 19.6. The molecule has 1 saturated heterocycles. The summed E-state index contributed by atoms with van der Waals surface area (Å²) < 4.78 is 12.8. The number of aryl methyl sites for hydroxylation is 1. The normalized spacial score (nSPS) is 19.9. The first-order chi connectivity index (χ1) is 12.9. The summed E-state index contributed by atoms with van der Waals surface area (Å²) in [5.41, 5.74) is 2.24. The molecule has 2 aromatic rings. The fourth-order valence-corrected chi connectivity index (χ4v) is 4.00. The molecule has 0 saturated carbocycles. The predicted octanol–water partition coefficient (Wildman–Crippen LogP) is 3.69. The second-order valence-corrected chi connectivity index (χ2v) is 7.46. The smallest absolute Gasteiger partial charge is 0.340 e. The van der Waals surface area contributed by atoms with Crippen LogP contribution >= 0.6 is 0 Å². The summed E-state index contributed by atoms with van der Waals surface area (Å²) in [6.45, 7) is 8.27. The van der Waals surface area contributed by atoms with Crippen molar-refractivity contribution in [1.29, 1.82) is 0 Å². The summed E-state index contributed by atoms with van der Waals surface area (Å²) in [7, 11) is 0. The van der Waals surface area contributed by atoms with Crippen molar-refractivity contribution in [3.63, 3.8) is 0 Å². The molecule has 1 aliphatic rings. The molecule has 1 aliphatic heterocycles. The van der Waals surface area contributed by atoms with Crippen molar-refractivity contribution in [3.8, 4) is 0 Å². The molecule has 0 unspecified atom stereocenters. The molecule has 3 rings (SSSR count). The van der Waals surface area contributed by atoms with Crippen molar-refractivity contribution in [3.05, 3.63) is 47.2 Å². The van der Waals surface area contributed by atoms with Crippen LogP contribution in [0, 0.1) is 13.8 Å². The van der Waals surface area contributed by atoms with Gasteiger partial charge in [-0.25, -0.2) is 4.79 Å². The molecule has 0 spiro atoms. The number of amides is 1. The summed E-state index contributed by atoms with van der Waals surface area (Å²) in [6, 6.07) is 5.93. The minimum atomic E-state index is -0.459. The molecule has 2 aromatic heterocycles. The van der Waals surface area contributed by atoms with E-state index in [1.807, 2.05) is 35.4 Å². The van der Waals surface area contributed by atoms with Gasteiger partial charge < -0.3 is 18.6 Å². The number of rotatable bonds is 5. The Bertz CT molecular complexity index is 797. The Morgan fingerprint density at radius 2 is 1.93 bits per heavy atom. The molecule has 0 bridgehead atoms. The third-order valence-electron chi connectivity index (χ3n) is 5.50. The number of furan rings is 1. The molecule has 3 heterocycles. The Labute approximate surface area is 160 Å². The van der Waals surface area contributed by atoms with Crippen molar-refractivity contribution in [1.82, 2.24) is 9.47 Å². The fraction of sp³-hybridized carbons (Fsp3) is 0.524. The minimum Gasteiger partial charge on any atom is -0.467 e. The number of ether oxygens (including phenoxy) is 1. The summed E-state index contributed by atoms with van der Waals surface area (Å²) in [6.07, 6.45) is 4.76. The van der Waals surface area contributed by atoms with Gasteiger partial charge in [0.25, 0.3) is 5.91 Å². The number of piperidine rings is 1. The molecule has 1 fully saturated rings. The Balaban J connectivity index is 1.65. The summed E-state index contributed by atoms with van der Waals surface area (Å²) in [5, 5.41) is 0. The van der Waals surface area contributed by atoms with Gasteiger partial charge in [-0.1, -0.05) is 0 Å². The maximum Gasteiger partial charge on any atom is 0.340 e. The Hall–Kier alpha value is -2.50. The van der Waals surface area contributed by atoms with Gasteiger partial charge in [-0.15, -0.1) is 0 Å². The van der Waals surface area contributed by atoms with Crippen LogP contribution in [0.2, 0.25) is 0 Å². The van der Waals surface area contributed by atoms with E-state index in [-0.39, 0.29) is 24.6 Å². The van der Waals surface area contributed by atoms with Crippen LogP contribution in [0.5, 0.6) is 0 Å². The third kappa shape index (κ3) is 4.10. The highest BCUT2D eigenvalue weighted by molar-refractivity contribution is 5.92. The van der Waals surface area contributed by atoms with Crippen LogP contribution in [0.4, 0.5) is 0 Å². The first-order valence-electron chi connectivity index (χ1n) is 9.56. The number of aromatic nitrogens is 1. The quantitative estimate of drug-likeness (QED) is 0.751. The fourth-order valence-electron chi connectivity index (χ4n) is 4.00. The van der Waals surface area contributed by atoms with E-state index in [9.17, 15) is 9.59 Å². The van der Waals surface area contributed by atoms with E-state index in [0.717, 1.165) is 36.4 Å². The SMILES string of the molecule is Cc1cc(C(=O)OCC(=O)N2[C@@H](C)CCC[C@@H]2C)c(C)n1Cc1ccco1. The lowest BCUT2D eigenvalue weighted by atomic mass is 9.97.